The summed E-state index contributed by atoms with van der Waals surface area (Å²) in [6.07, 6.45) is 7.54. The van der Waals surface area contributed by atoms with Crippen LogP contribution >= 0.6 is 0 Å². The van der Waals surface area contributed by atoms with Crippen LogP contribution in [-0.4, -0.2) is 25.4 Å². The van der Waals surface area contributed by atoms with Gasteiger partial charge >= 0.3 is 0 Å². The molecule has 0 aliphatic carbocycles. The molecule has 1 spiro atoms. The zero-order valence-corrected chi connectivity index (χ0v) is 6.71. The largest absolute Gasteiger partial charge is 0.381 e. The van der Waals surface area contributed by atoms with E-state index in [1.165, 1.54) is 0 Å². The zero-order chi connectivity index (χ0) is 7.57. The Hall–Kier alpha value is -0.340. The summed E-state index contributed by atoms with van der Waals surface area (Å²) >= 11 is 0. The summed E-state index contributed by atoms with van der Waals surface area (Å²) in [5.41, 5.74) is 0.146. The van der Waals surface area contributed by atoms with Gasteiger partial charge in [-0.05, 0) is 6.42 Å². The summed E-state index contributed by atoms with van der Waals surface area (Å²) in [5.74, 6) is 0. The molecule has 0 aromatic carbocycles. The lowest BCUT2D eigenvalue weighted by Gasteiger charge is -2.37. The molecule has 2 aliphatic heterocycles. The van der Waals surface area contributed by atoms with Gasteiger partial charge in [0.25, 0.3) is 0 Å². The molecule has 0 N–H and O–H groups in total. The molecule has 0 unspecified atom stereocenters. The fourth-order valence-corrected chi connectivity index (χ4v) is 1.74. The Bertz CT molecular complexity index is 157. The third-order valence-electron chi connectivity index (χ3n) is 2.55. The monoisotopic (exact) mass is 154 g/mol. The van der Waals surface area contributed by atoms with Crippen molar-refractivity contribution in [2.75, 3.05) is 19.8 Å². The Kier molecular flexibility index (Phi) is 1.96. The standard InChI is InChI=1S/C9H14O2/c1-2-6-11-9(3-1)4-7-10-8-5-9/h1-2H,3-8H2. The maximum atomic E-state index is 5.74. The number of hydrogen-bond acceptors (Lipinski definition) is 2. The summed E-state index contributed by atoms with van der Waals surface area (Å²) in [4.78, 5) is 0. The summed E-state index contributed by atoms with van der Waals surface area (Å²) < 4.78 is 11.0. The molecule has 2 aliphatic rings. The first kappa shape index (κ1) is 7.32. The Morgan fingerprint density at radius 1 is 1.09 bits per heavy atom. The Morgan fingerprint density at radius 3 is 2.55 bits per heavy atom. The Labute approximate surface area is 67.2 Å². The fourth-order valence-electron chi connectivity index (χ4n) is 1.74. The maximum absolute atomic E-state index is 5.74. The van der Waals surface area contributed by atoms with Crippen molar-refractivity contribution >= 4 is 0 Å². The van der Waals surface area contributed by atoms with E-state index in [4.69, 9.17) is 9.47 Å². The van der Waals surface area contributed by atoms with Crippen LogP contribution in [0.2, 0.25) is 0 Å². The first-order valence-corrected chi connectivity index (χ1v) is 4.28. The van der Waals surface area contributed by atoms with E-state index in [-0.39, 0.29) is 5.60 Å². The molecular weight excluding hydrogens is 140 g/mol. The van der Waals surface area contributed by atoms with Crippen molar-refractivity contribution in [3.8, 4) is 0 Å². The zero-order valence-electron chi connectivity index (χ0n) is 6.71. The van der Waals surface area contributed by atoms with Crippen LogP contribution in [-0.2, 0) is 9.47 Å². The average molecular weight is 154 g/mol. The second kappa shape index (κ2) is 2.95. The molecule has 2 rings (SSSR count). The van der Waals surface area contributed by atoms with Crippen molar-refractivity contribution < 1.29 is 9.47 Å². The average Bonchev–Trinajstić information content (AvgIpc) is 2.07. The number of hydrogen-bond donors (Lipinski definition) is 0. The molecule has 1 fully saturated rings. The molecule has 0 saturated carbocycles. The van der Waals surface area contributed by atoms with Crippen molar-refractivity contribution in [3.63, 3.8) is 0 Å². The van der Waals surface area contributed by atoms with Crippen LogP contribution in [0.5, 0.6) is 0 Å². The van der Waals surface area contributed by atoms with Gasteiger partial charge in [0, 0.05) is 26.1 Å². The molecule has 0 amide bonds. The second-order valence-electron chi connectivity index (χ2n) is 3.28. The highest BCUT2D eigenvalue weighted by Crippen LogP contribution is 2.31. The molecule has 0 aromatic rings. The maximum Gasteiger partial charge on any atom is 0.0764 e. The van der Waals surface area contributed by atoms with Gasteiger partial charge in [0.15, 0.2) is 0 Å². The van der Waals surface area contributed by atoms with Gasteiger partial charge in [-0.3, -0.25) is 0 Å². The highest BCUT2D eigenvalue weighted by atomic mass is 16.5. The SMILES string of the molecule is C1=CCC2(CCOCC2)OC1. The van der Waals surface area contributed by atoms with Gasteiger partial charge in [0.05, 0.1) is 12.2 Å². The van der Waals surface area contributed by atoms with E-state index in [9.17, 15) is 0 Å². The minimum atomic E-state index is 0.146. The fraction of sp³-hybridized carbons (Fsp3) is 0.778. The summed E-state index contributed by atoms with van der Waals surface area (Å²) in [6, 6.07) is 0. The van der Waals surface area contributed by atoms with Gasteiger partial charge in [-0.15, -0.1) is 0 Å². The first-order chi connectivity index (χ1) is 5.41. The second-order valence-corrected chi connectivity index (χ2v) is 3.28. The molecule has 1 saturated heterocycles. The third-order valence-corrected chi connectivity index (χ3v) is 2.55. The van der Waals surface area contributed by atoms with Crippen LogP contribution in [0.1, 0.15) is 19.3 Å². The topological polar surface area (TPSA) is 18.5 Å². The predicted octanol–water partition coefficient (Wildman–Crippen LogP) is 1.51. The van der Waals surface area contributed by atoms with Gasteiger partial charge in [-0.2, -0.15) is 0 Å². The lowest BCUT2D eigenvalue weighted by molar-refractivity contribution is -0.105. The number of rotatable bonds is 0. The molecule has 2 heteroatoms. The van der Waals surface area contributed by atoms with Crippen molar-refractivity contribution in [2.24, 2.45) is 0 Å². The minimum absolute atomic E-state index is 0.146. The molecule has 11 heavy (non-hydrogen) atoms. The lowest BCUT2D eigenvalue weighted by Crippen LogP contribution is -2.40. The summed E-state index contributed by atoms with van der Waals surface area (Å²) in [6.45, 7) is 2.53. The normalized spacial score (nSPS) is 29.1. The quantitative estimate of drug-likeness (QED) is 0.492. The third kappa shape index (κ3) is 1.47. The van der Waals surface area contributed by atoms with E-state index in [1.807, 2.05) is 0 Å². The molecule has 0 atom stereocenters. The molecule has 2 heterocycles. The Morgan fingerprint density at radius 2 is 1.91 bits per heavy atom. The molecule has 62 valence electrons. The van der Waals surface area contributed by atoms with E-state index in [0.717, 1.165) is 39.1 Å². The molecule has 0 bridgehead atoms. The van der Waals surface area contributed by atoms with Gasteiger partial charge in [-0.1, -0.05) is 12.2 Å². The van der Waals surface area contributed by atoms with Crippen molar-refractivity contribution in [1.82, 2.24) is 0 Å². The van der Waals surface area contributed by atoms with E-state index in [0.29, 0.717) is 0 Å². The molecular formula is C9H14O2. The van der Waals surface area contributed by atoms with E-state index in [1.54, 1.807) is 0 Å². The van der Waals surface area contributed by atoms with E-state index >= 15 is 0 Å². The van der Waals surface area contributed by atoms with Crippen molar-refractivity contribution in [2.45, 2.75) is 24.9 Å². The van der Waals surface area contributed by atoms with Crippen LogP contribution in [0, 0.1) is 0 Å². The molecule has 0 aromatic heterocycles. The first-order valence-electron chi connectivity index (χ1n) is 4.28. The predicted molar refractivity (Wildman–Crippen MR) is 42.5 cm³/mol. The molecule has 0 radical (unpaired) electrons. The van der Waals surface area contributed by atoms with E-state index in [2.05, 4.69) is 12.2 Å². The van der Waals surface area contributed by atoms with Gasteiger partial charge in [0.2, 0.25) is 0 Å². The number of ether oxygens (including phenoxy) is 2. The van der Waals surface area contributed by atoms with Crippen LogP contribution in [0.15, 0.2) is 12.2 Å². The van der Waals surface area contributed by atoms with Crippen molar-refractivity contribution in [1.29, 1.82) is 0 Å². The van der Waals surface area contributed by atoms with Crippen LogP contribution in [0.25, 0.3) is 0 Å². The van der Waals surface area contributed by atoms with Crippen LogP contribution < -0.4 is 0 Å². The Balaban J connectivity index is 2.01. The highest BCUT2D eigenvalue weighted by molar-refractivity contribution is 4.98. The van der Waals surface area contributed by atoms with Gasteiger partial charge in [0.1, 0.15) is 0 Å². The summed E-state index contributed by atoms with van der Waals surface area (Å²) in [7, 11) is 0. The van der Waals surface area contributed by atoms with Crippen LogP contribution in [0.3, 0.4) is 0 Å². The van der Waals surface area contributed by atoms with Crippen LogP contribution in [0.4, 0.5) is 0 Å². The minimum Gasteiger partial charge on any atom is -0.381 e. The lowest BCUT2D eigenvalue weighted by atomic mass is 9.89. The van der Waals surface area contributed by atoms with E-state index < -0.39 is 0 Å². The summed E-state index contributed by atoms with van der Waals surface area (Å²) in [5, 5.41) is 0. The van der Waals surface area contributed by atoms with Crippen molar-refractivity contribution in [3.05, 3.63) is 12.2 Å². The highest BCUT2D eigenvalue weighted by Gasteiger charge is 2.33. The van der Waals surface area contributed by atoms with Gasteiger partial charge < -0.3 is 9.47 Å². The molecule has 2 nitrogen and oxygen atoms in total. The van der Waals surface area contributed by atoms with Gasteiger partial charge in [-0.25, -0.2) is 0 Å². The smallest absolute Gasteiger partial charge is 0.0764 e.